The SMILES string of the molecule is CC(C)(C)c1cc(-c2nccc3ccccc23)cc(C2(c3ccc4c5cccnc5n5c6ccccc6nc5c4c3)c3ccccc3-c3ccccc32)c1. The maximum absolute atomic E-state index is 5.29. The number of pyridine rings is 3. The summed E-state index contributed by atoms with van der Waals surface area (Å²) in [5.74, 6) is 0. The predicted molar refractivity (Wildman–Crippen MR) is 222 cm³/mol. The number of hydrogen-bond donors (Lipinski definition) is 0. The molecule has 0 atom stereocenters. The van der Waals surface area contributed by atoms with Gasteiger partial charge in [-0.25, -0.2) is 9.97 Å². The predicted octanol–water partition coefficient (Wildman–Crippen LogP) is 12.1. The molecule has 11 rings (SSSR count). The second-order valence-corrected chi connectivity index (χ2v) is 15.7. The molecular formula is C50H36N4. The third kappa shape index (κ3) is 4.22. The van der Waals surface area contributed by atoms with E-state index in [0.29, 0.717) is 0 Å². The minimum atomic E-state index is -0.630. The number of nitrogens with zero attached hydrogens (tertiary/aromatic N) is 4. The van der Waals surface area contributed by atoms with Gasteiger partial charge in [-0.1, -0.05) is 124 Å². The van der Waals surface area contributed by atoms with Gasteiger partial charge < -0.3 is 0 Å². The number of para-hydroxylation sites is 2. The molecule has 4 nitrogen and oxygen atoms in total. The van der Waals surface area contributed by atoms with E-state index in [-0.39, 0.29) is 5.41 Å². The van der Waals surface area contributed by atoms with Crippen molar-refractivity contribution in [1.82, 2.24) is 19.4 Å². The summed E-state index contributed by atoms with van der Waals surface area (Å²) in [5, 5.41) is 5.69. The normalized spacial score (nSPS) is 13.6. The Morgan fingerprint density at radius 3 is 2.06 bits per heavy atom. The maximum Gasteiger partial charge on any atom is 0.147 e. The highest BCUT2D eigenvalue weighted by Crippen LogP contribution is 2.57. The highest BCUT2D eigenvalue weighted by molar-refractivity contribution is 6.13. The van der Waals surface area contributed by atoms with Gasteiger partial charge in [0.15, 0.2) is 0 Å². The van der Waals surface area contributed by atoms with E-state index in [0.717, 1.165) is 55.1 Å². The Balaban J connectivity index is 1.31. The maximum atomic E-state index is 5.29. The molecule has 1 aliphatic rings. The first-order chi connectivity index (χ1) is 26.4. The van der Waals surface area contributed by atoms with Crippen LogP contribution in [0.2, 0.25) is 0 Å². The van der Waals surface area contributed by atoms with Crippen molar-refractivity contribution in [3.63, 3.8) is 0 Å². The lowest BCUT2D eigenvalue weighted by atomic mass is 9.66. The summed E-state index contributed by atoms with van der Waals surface area (Å²) in [7, 11) is 0. The number of hydrogen-bond acceptors (Lipinski definition) is 3. The highest BCUT2D eigenvalue weighted by Gasteiger charge is 2.46. The summed E-state index contributed by atoms with van der Waals surface area (Å²) in [6.07, 6.45) is 3.82. The largest absolute Gasteiger partial charge is 0.276 e. The second kappa shape index (κ2) is 11.2. The molecule has 0 saturated heterocycles. The molecule has 0 saturated carbocycles. The molecule has 0 unspecified atom stereocenters. The van der Waals surface area contributed by atoms with Gasteiger partial charge in [0, 0.05) is 34.1 Å². The number of aromatic nitrogens is 4. The van der Waals surface area contributed by atoms with Gasteiger partial charge in [-0.15, -0.1) is 0 Å². The summed E-state index contributed by atoms with van der Waals surface area (Å²) < 4.78 is 2.24. The quantitative estimate of drug-likeness (QED) is 0.173. The lowest BCUT2D eigenvalue weighted by Gasteiger charge is -2.36. The monoisotopic (exact) mass is 692 g/mol. The highest BCUT2D eigenvalue weighted by atomic mass is 15.1. The van der Waals surface area contributed by atoms with E-state index in [1.54, 1.807) is 0 Å². The summed E-state index contributed by atoms with van der Waals surface area (Å²) in [6.45, 7) is 6.93. The van der Waals surface area contributed by atoms with Crippen LogP contribution in [0.3, 0.4) is 0 Å². The average molecular weight is 693 g/mol. The van der Waals surface area contributed by atoms with Crippen LogP contribution in [0.25, 0.3) is 71.6 Å². The Morgan fingerprint density at radius 2 is 1.24 bits per heavy atom. The van der Waals surface area contributed by atoms with Crippen molar-refractivity contribution in [1.29, 1.82) is 0 Å². The molecule has 4 heterocycles. The first kappa shape index (κ1) is 30.9. The van der Waals surface area contributed by atoms with E-state index in [4.69, 9.17) is 15.0 Å². The second-order valence-electron chi connectivity index (χ2n) is 15.7. The van der Waals surface area contributed by atoms with Crippen molar-refractivity contribution in [2.45, 2.75) is 31.6 Å². The zero-order valence-electron chi connectivity index (χ0n) is 30.4. The van der Waals surface area contributed by atoms with Crippen LogP contribution in [0.15, 0.2) is 164 Å². The molecule has 4 aromatic heterocycles. The van der Waals surface area contributed by atoms with Crippen molar-refractivity contribution in [3.05, 3.63) is 192 Å². The lowest BCUT2D eigenvalue weighted by Crippen LogP contribution is -2.29. The Labute approximate surface area is 313 Å². The molecule has 1 aliphatic carbocycles. The topological polar surface area (TPSA) is 43.1 Å². The number of imidazole rings is 1. The molecule has 0 fully saturated rings. The van der Waals surface area contributed by atoms with Crippen molar-refractivity contribution in [2.24, 2.45) is 0 Å². The first-order valence-electron chi connectivity index (χ1n) is 18.7. The minimum Gasteiger partial charge on any atom is -0.276 e. The molecule has 256 valence electrons. The average Bonchev–Trinajstić information content (AvgIpc) is 3.75. The zero-order valence-corrected chi connectivity index (χ0v) is 30.4. The van der Waals surface area contributed by atoms with Crippen LogP contribution < -0.4 is 0 Å². The van der Waals surface area contributed by atoms with Gasteiger partial charge in [-0.3, -0.25) is 9.38 Å². The third-order valence-corrected chi connectivity index (χ3v) is 11.7. The number of benzene rings is 6. The summed E-state index contributed by atoms with van der Waals surface area (Å²) in [6, 6.07) is 55.6. The summed E-state index contributed by atoms with van der Waals surface area (Å²) >= 11 is 0. The van der Waals surface area contributed by atoms with Gasteiger partial charge in [-0.05, 0) is 104 Å². The van der Waals surface area contributed by atoms with Crippen LogP contribution in [-0.2, 0) is 10.8 Å². The lowest BCUT2D eigenvalue weighted by molar-refractivity contribution is 0.587. The van der Waals surface area contributed by atoms with Crippen molar-refractivity contribution >= 4 is 49.3 Å². The number of rotatable bonds is 3. The fourth-order valence-corrected chi connectivity index (χ4v) is 9.19. The van der Waals surface area contributed by atoms with Gasteiger partial charge in [-0.2, -0.15) is 0 Å². The fraction of sp³-hybridized carbons (Fsp3) is 0.100. The molecule has 0 N–H and O–H groups in total. The van der Waals surface area contributed by atoms with E-state index in [1.165, 1.54) is 44.3 Å². The first-order valence-corrected chi connectivity index (χ1v) is 18.7. The van der Waals surface area contributed by atoms with Gasteiger partial charge >= 0.3 is 0 Å². The van der Waals surface area contributed by atoms with Crippen LogP contribution in [0.1, 0.15) is 48.6 Å². The minimum absolute atomic E-state index is 0.119. The van der Waals surface area contributed by atoms with Crippen LogP contribution in [0.4, 0.5) is 0 Å². The third-order valence-electron chi connectivity index (χ3n) is 11.7. The van der Waals surface area contributed by atoms with E-state index >= 15 is 0 Å². The summed E-state index contributed by atoms with van der Waals surface area (Å²) in [5.41, 5.74) is 14.0. The standard InChI is InChI=1S/C50H36N4/c1-49(2,3)34-27-32(46-36-14-5-4-13-31(36)24-26-51-46)28-35(29-34)50(42-18-8-6-15-38(42)39-16-7-9-19-43(39)50)33-22-23-37-40-17-12-25-52-47(40)54-45-21-11-10-20-44(45)53-48(54)41(37)30-33/h4-30H,1-3H3. The fourth-order valence-electron chi connectivity index (χ4n) is 9.19. The molecular weight excluding hydrogens is 657 g/mol. The van der Waals surface area contributed by atoms with Crippen molar-refractivity contribution in [2.75, 3.05) is 0 Å². The molecule has 0 bridgehead atoms. The van der Waals surface area contributed by atoms with Crippen LogP contribution in [-0.4, -0.2) is 19.4 Å². The van der Waals surface area contributed by atoms with Crippen molar-refractivity contribution < 1.29 is 0 Å². The molecule has 0 amide bonds. The van der Waals surface area contributed by atoms with Crippen LogP contribution in [0, 0.1) is 0 Å². The molecule has 0 aliphatic heterocycles. The molecule has 0 spiro atoms. The van der Waals surface area contributed by atoms with E-state index in [9.17, 15) is 0 Å². The van der Waals surface area contributed by atoms with Gasteiger partial charge in [0.1, 0.15) is 11.3 Å². The van der Waals surface area contributed by atoms with Crippen molar-refractivity contribution in [3.8, 4) is 22.4 Å². The van der Waals surface area contributed by atoms with E-state index < -0.39 is 5.41 Å². The van der Waals surface area contributed by atoms with E-state index in [2.05, 4.69) is 171 Å². The van der Waals surface area contributed by atoms with Crippen LogP contribution in [0.5, 0.6) is 0 Å². The zero-order chi connectivity index (χ0) is 36.2. The smallest absolute Gasteiger partial charge is 0.147 e. The van der Waals surface area contributed by atoms with E-state index in [1.807, 2.05) is 18.5 Å². The Kier molecular flexibility index (Phi) is 6.40. The van der Waals surface area contributed by atoms with Gasteiger partial charge in [0.25, 0.3) is 0 Å². The molecule has 0 radical (unpaired) electrons. The molecule has 54 heavy (non-hydrogen) atoms. The number of fused-ring (bicyclic) bond motifs is 12. The molecule has 10 aromatic rings. The summed E-state index contributed by atoms with van der Waals surface area (Å²) in [4.78, 5) is 15.3. The van der Waals surface area contributed by atoms with Gasteiger partial charge in [0.05, 0.1) is 22.1 Å². The van der Waals surface area contributed by atoms with Crippen LogP contribution >= 0.6 is 0 Å². The Morgan fingerprint density at radius 1 is 0.519 bits per heavy atom. The Bertz CT molecular complexity index is 3110. The molecule has 6 aromatic carbocycles. The van der Waals surface area contributed by atoms with Gasteiger partial charge in [0.2, 0.25) is 0 Å². The Hall–Kier alpha value is -6.65. The molecule has 4 heteroatoms.